The summed E-state index contributed by atoms with van der Waals surface area (Å²) in [7, 11) is 0. The lowest BCUT2D eigenvalue weighted by atomic mass is 10.5. The normalized spacial score (nSPS) is 14.7. The Labute approximate surface area is 62.7 Å². The minimum atomic E-state index is 0.681. The third kappa shape index (κ3) is 0.642. The van der Waals surface area contributed by atoms with Crippen molar-refractivity contribution in [3.05, 3.63) is 11.9 Å². The molecule has 50 valence electrons. The maximum Gasteiger partial charge on any atom is 0.169 e. The molecule has 1 aromatic heterocycles. The Hall–Kier alpha value is -0.950. The van der Waals surface area contributed by atoms with E-state index in [0.29, 0.717) is 5.69 Å². The zero-order valence-corrected chi connectivity index (χ0v) is 6.06. The first-order valence-corrected chi connectivity index (χ1v) is 3.99. The summed E-state index contributed by atoms with van der Waals surface area (Å²) in [5.74, 6) is 1.05. The van der Waals surface area contributed by atoms with Gasteiger partial charge in [0.15, 0.2) is 5.16 Å². The first-order chi connectivity index (χ1) is 4.92. The summed E-state index contributed by atoms with van der Waals surface area (Å²) < 4.78 is 1.95. The van der Waals surface area contributed by atoms with Gasteiger partial charge < -0.3 is 4.57 Å². The fourth-order valence-electron chi connectivity index (χ4n) is 1.01. The molecule has 0 aliphatic carbocycles. The Bertz CT molecular complexity index is 296. The second-order valence-corrected chi connectivity index (χ2v) is 3.10. The van der Waals surface area contributed by atoms with Crippen LogP contribution in [0.4, 0.5) is 0 Å². The molecule has 1 aliphatic heterocycles. The molecule has 3 nitrogen and oxygen atoms in total. The summed E-state index contributed by atoms with van der Waals surface area (Å²) in [6.45, 7) is 0.933. The maximum absolute atomic E-state index is 8.57. The van der Waals surface area contributed by atoms with Crippen molar-refractivity contribution >= 4 is 11.8 Å². The molecule has 1 aromatic rings. The number of hydrogen-bond acceptors (Lipinski definition) is 3. The highest BCUT2D eigenvalue weighted by Gasteiger charge is 2.14. The molecule has 0 saturated heterocycles. The number of fused-ring (bicyclic) bond motifs is 1. The molecule has 4 heteroatoms. The van der Waals surface area contributed by atoms with E-state index in [4.69, 9.17) is 5.26 Å². The molecule has 0 amide bonds. The predicted molar refractivity (Wildman–Crippen MR) is 37.7 cm³/mol. The molecule has 2 rings (SSSR count). The third-order valence-corrected chi connectivity index (χ3v) is 2.45. The average molecular weight is 151 g/mol. The summed E-state index contributed by atoms with van der Waals surface area (Å²) in [6, 6.07) is 2.09. The van der Waals surface area contributed by atoms with Crippen LogP contribution in [0.2, 0.25) is 0 Å². The van der Waals surface area contributed by atoms with Gasteiger partial charge in [-0.1, -0.05) is 11.8 Å². The molecular formula is C6H5N3S. The molecule has 0 saturated carbocycles. The second-order valence-electron chi connectivity index (χ2n) is 2.04. The largest absolute Gasteiger partial charge is 0.310 e. The van der Waals surface area contributed by atoms with Crippen molar-refractivity contribution in [2.45, 2.75) is 11.7 Å². The lowest BCUT2D eigenvalue weighted by molar-refractivity contribution is 0.710. The quantitative estimate of drug-likeness (QED) is 0.552. The number of nitriles is 1. The maximum atomic E-state index is 8.57. The van der Waals surface area contributed by atoms with Gasteiger partial charge in [-0.05, 0) is 0 Å². The molecule has 10 heavy (non-hydrogen) atoms. The fourth-order valence-corrected chi connectivity index (χ4v) is 1.94. The molecule has 0 unspecified atom stereocenters. The highest BCUT2D eigenvalue weighted by molar-refractivity contribution is 7.99. The van der Waals surface area contributed by atoms with Crippen molar-refractivity contribution in [3.63, 3.8) is 0 Å². The SMILES string of the molecule is N#Cc1cnc2n1CCS2. The summed E-state index contributed by atoms with van der Waals surface area (Å²) in [5.41, 5.74) is 0.681. The minimum absolute atomic E-state index is 0.681. The molecule has 0 atom stereocenters. The van der Waals surface area contributed by atoms with Crippen LogP contribution in [0.25, 0.3) is 0 Å². The van der Waals surface area contributed by atoms with Gasteiger partial charge in [-0.25, -0.2) is 4.98 Å². The van der Waals surface area contributed by atoms with Gasteiger partial charge in [0, 0.05) is 12.3 Å². The molecule has 0 aromatic carbocycles. The van der Waals surface area contributed by atoms with Gasteiger partial charge in [0.1, 0.15) is 11.8 Å². The highest BCUT2D eigenvalue weighted by Crippen LogP contribution is 2.24. The van der Waals surface area contributed by atoms with E-state index in [9.17, 15) is 0 Å². The van der Waals surface area contributed by atoms with Crippen LogP contribution in [-0.2, 0) is 6.54 Å². The number of nitrogens with zero attached hydrogens (tertiary/aromatic N) is 3. The van der Waals surface area contributed by atoms with Crippen molar-refractivity contribution in [3.8, 4) is 6.07 Å². The van der Waals surface area contributed by atoms with Crippen LogP contribution in [-0.4, -0.2) is 15.3 Å². The van der Waals surface area contributed by atoms with Crippen molar-refractivity contribution in [2.75, 3.05) is 5.75 Å². The molecule has 0 spiro atoms. The Balaban J connectivity index is 2.57. The van der Waals surface area contributed by atoms with Crippen molar-refractivity contribution in [1.82, 2.24) is 9.55 Å². The molecule has 0 N–H and O–H groups in total. The van der Waals surface area contributed by atoms with Crippen LogP contribution >= 0.6 is 11.8 Å². The van der Waals surface area contributed by atoms with Gasteiger partial charge in [0.25, 0.3) is 0 Å². The smallest absolute Gasteiger partial charge is 0.169 e. The monoisotopic (exact) mass is 151 g/mol. The van der Waals surface area contributed by atoms with Crippen LogP contribution in [0, 0.1) is 11.3 Å². The van der Waals surface area contributed by atoms with Gasteiger partial charge in [0.05, 0.1) is 6.20 Å². The lowest BCUT2D eigenvalue weighted by Crippen LogP contribution is -1.95. The second kappa shape index (κ2) is 2.03. The van der Waals surface area contributed by atoms with Crippen molar-refractivity contribution in [2.24, 2.45) is 0 Å². The van der Waals surface area contributed by atoms with E-state index in [0.717, 1.165) is 17.5 Å². The first-order valence-electron chi connectivity index (χ1n) is 3.00. The Morgan fingerprint density at radius 2 is 2.70 bits per heavy atom. The lowest BCUT2D eigenvalue weighted by Gasteiger charge is -1.91. The number of hydrogen-bond donors (Lipinski definition) is 0. The van der Waals surface area contributed by atoms with Gasteiger partial charge in [-0.2, -0.15) is 5.26 Å². The van der Waals surface area contributed by atoms with E-state index in [-0.39, 0.29) is 0 Å². The standard InChI is InChI=1S/C6H5N3S/c7-3-5-4-8-6-9(5)1-2-10-6/h4H,1-2H2. The fraction of sp³-hybridized carbons (Fsp3) is 0.333. The summed E-state index contributed by atoms with van der Waals surface area (Å²) >= 11 is 1.70. The molecule has 1 aliphatic rings. The Kier molecular flexibility index (Phi) is 1.18. The number of aromatic nitrogens is 2. The van der Waals surface area contributed by atoms with Crippen LogP contribution in [0.3, 0.4) is 0 Å². The zero-order chi connectivity index (χ0) is 6.97. The van der Waals surface area contributed by atoms with Crippen molar-refractivity contribution < 1.29 is 0 Å². The molecule has 2 heterocycles. The van der Waals surface area contributed by atoms with Crippen LogP contribution < -0.4 is 0 Å². The Morgan fingerprint density at radius 3 is 3.50 bits per heavy atom. The predicted octanol–water partition coefficient (Wildman–Crippen LogP) is 0.860. The van der Waals surface area contributed by atoms with E-state index >= 15 is 0 Å². The summed E-state index contributed by atoms with van der Waals surface area (Å²) in [6.07, 6.45) is 1.63. The minimum Gasteiger partial charge on any atom is -0.310 e. The van der Waals surface area contributed by atoms with E-state index in [1.54, 1.807) is 18.0 Å². The first kappa shape index (κ1) is 5.81. The van der Waals surface area contributed by atoms with E-state index in [1.165, 1.54) is 0 Å². The van der Waals surface area contributed by atoms with Crippen LogP contribution in [0.15, 0.2) is 11.4 Å². The van der Waals surface area contributed by atoms with Gasteiger partial charge in [-0.3, -0.25) is 0 Å². The van der Waals surface area contributed by atoms with Crippen LogP contribution in [0.5, 0.6) is 0 Å². The molecule has 0 radical (unpaired) electrons. The molecule has 0 fully saturated rings. The highest BCUT2D eigenvalue weighted by atomic mass is 32.2. The van der Waals surface area contributed by atoms with Crippen LogP contribution in [0.1, 0.15) is 5.69 Å². The molecule has 0 bridgehead atoms. The summed E-state index contributed by atoms with van der Waals surface area (Å²) in [5, 5.41) is 9.55. The summed E-state index contributed by atoms with van der Waals surface area (Å²) in [4.78, 5) is 4.07. The third-order valence-electron chi connectivity index (χ3n) is 1.48. The van der Waals surface area contributed by atoms with E-state index in [1.807, 2.05) is 4.57 Å². The van der Waals surface area contributed by atoms with Crippen molar-refractivity contribution in [1.29, 1.82) is 5.26 Å². The number of thioether (sulfide) groups is 1. The van der Waals surface area contributed by atoms with Gasteiger partial charge in [-0.15, -0.1) is 0 Å². The van der Waals surface area contributed by atoms with E-state index in [2.05, 4.69) is 11.1 Å². The van der Waals surface area contributed by atoms with Gasteiger partial charge in [0.2, 0.25) is 0 Å². The topological polar surface area (TPSA) is 41.6 Å². The number of rotatable bonds is 0. The van der Waals surface area contributed by atoms with E-state index < -0.39 is 0 Å². The number of imidazole rings is 1. The Morgan fingerprint density at radius 1 is 1.80 bits per heavy atom. The van der Waals surface area contributed by atoms with Gasteiger partial charge >= 0.3 is 0 Å². The average Bonchev–Trinajstić information content (AvgIpc) is 2.44. The zero-order valence-electron chi connectivity index (χ0n) is 5.24. The molecular weight excluding hydrogens is 146 g/mol.